The van der Waals surface area contributed by atoms with Crippen LogP contribution in [0.5, 0.6) is 0 Å². The molecule has 150 valence electrons. The van der Waals surface area contributed by atoms with Gasteiger partial charge < -0.3 is 15.2 Å². The van der Waals surface area contributed by atoms with E-state index in [0.29, 0.717) is 17.1 Å². The normalized spacial score (nSPS) is 12.2. The van der Waals surface area contributed by atoms with Crippen molar-refractivity contribution in [3.05, 3.63) is 90.0 Å². The maximum atomic E-state index is 14.5. The van der Waals surface area contributed by atoms with E-state index in [0.717, 1.165) is 17.0 Å². The average Bonchev–Trinajstić information content (AvgIpc) is 2.76. The Labute approximate surface area is 176 Å². The minimum atomic E-state index is -3.11. The first-order valence-electron chi connectivity index (χ1n) is 9.58. The Hall–Kier alpha value is -2.55. The van der Waals surface area contributed by atoms with Crippen LogP contribution in [0, 0.1) is 0 Å². The Balaban J connectivity index is 1.93. The van der Waals surface area contributed by atoms with E-state index in [1.54, 1.807) is 24.3 Å². The fourth-order valence-corrected chi connectivity index (χ4v) is 6.57. The molecule has 4 nitrogen and oxygen atoms in total. The number of anilines is 1. The minimum Gasteiger partial charge on any atom is -0.328 e. The summed E-state index contributed by atoms with van der Waals surface area (Å²) in [6.45, 7) is 2.02. The van der Waals surface area contributed by atoms with Gasteiger partial charge in [-0.05, 0) is 30.7 Å². The molecule has 2 N–H and O–H groups in total. The van der Waals surface area contributed by atoms with Gasteiger partial charge in [0.2, 0.25) is 0 Å². The number of urea groups is 1. The Morgan fingerprint density at radius 2 is 1.41 bits per heavy atom. The van der Waals surface area contributed by atoms with Crippen LogP contribution >= 0.6 is 18.7 Å². The number of hydrogen-bond acceptors (Lipinski definition) is 2. The number of amides is 2. The van der Waals surface area contributed by atoms with Crippen molar-refractivity contribution in [1.82, 2.24) is 5.32 Å². The lowest BCUT2D eigenvalue weighted by atomic mass is 10.3. The monoisotopic (exact) mass is 426 g/mol. The molecule has 0 aliphatic heterocycles. The summed E-state index contributed by atoms with van der Waals surface area (Å²) in [6.07, 6.45) is 1.38. The molecule has 3 aromatic rings. The predicted molar refractivity (Wildman–Crippen MR) is 122 cm³/mol. The lowest BCUT2D eigenvalue weighted by Crippen LogP contribution is -2.42. The van der Waals surface area contributed by atoms with Crippen LogP contribution in [0.4, 0.5) is 10.5 Å². The summed E-state index contributed by atoms with van der Waals surface area (Å²) in [5.74, 6) is -0.524. The fraction of sp³-hybridized carbons (Fsp3) is 0.174. The second kappa shape index (κ2) is 9.78. The molecule has 0 heterocycles. The highest BCUT2D eigenvalue weighted by Crippen LogP contribution is 2.49. The van der Waals surface area contributed by atoms with E-state index < -0.39 is 19.0 Å². The molecule has 29 heavy (non-hydrogen) atoms. The van der Waals surface area contributed by atoms with E-state index in [9.17, 15) is 9.36 Å². The lowest BCUT2D eigenvalue weighted by Gasteiger charge is -2.29. The second-order valence-corrected chi connectivity index (χ2v) is 10.1. The molecule has 0 saturated heterocycles. The number of benzene rings is 3. The fourth-order valence-electron chi connectivity index (χ4n) is 3.28. The standard InChI is InChI=1S/C23H24ClN2O2P/c1-2-9-22(26-23(27)25-19-16-14-18(24)15-17-19)29(28,20-10-5-3-6-11-20)21-12-7-4-8-13-21/h3-8,10-17,22H,2,9H2,1H3,(H2,25,26,27). The number of nitrogens with one attached hydrogen (secondary N) is 2. The Kier molecular flexibility index (Phi) is 7.13. The highest BCUT2D eigenvalue weighted by atomic mass is 35.5. The summed E-state index contributed by atoms with van der Waals surface area (Å²) in [7, 11) is -3.11. The van der Waals surface area contributed by atoms with Crippen LogP contribution in [-0.4, -0.2) is 11.8 Å². The highest BCUT2D eigenvalue weighted by molar-refractivity contribution is 7.79. The van der Waals surface area contributed by atoms with Crippen LogP contribution in [-0.2, 0) is 4.57 Å². The molecule has 0 aliphatic carbocycles. The summed E-state index contributed by atoms with van der Waals surface area (Å²) in [6, 6.07) is 25.3. The van der Waals surface area contributed by atoms with Crippen molar-refractivity contribution in [2.24, 2.45) is 0 Å². The van der Waals surface area contributed by atoms with Crippen molar-refractivity contribution in [3.63, 3.8) is 0 Å². The Morgan fingerprint density at radius 3 is 1.90 bits per heavy atom. The third-order valence-corrected chi connectivity index (χ3v) is 8.33. The second-order valence-electron chi connectivity index (χ2n) is 6.74. The Morgan fingerprint density at radius 1 is 0.897 bits per heavy atom. The van der Waals surface area contributed by atoms with Crippen LogP contribution in [0.1, 0.15) is 19.8 Å². The van der Waals surface area contributed by atoms with Gasteiger partial charge in [0.05, 0.1) is 5.78 Å². The van der Waals surface area contributed by atoms with Gasteiger partial charge in [0.25, 0.3) is 0 Å². The lowest BCUT2D eigenvalue weighted by molar-refractivity contribution is 0.250. The molecule has 0 saturated carbocycles. The van der Waals surface area contributed by atoms with Crippen molar-refractivity contribution in [1.29, 1.82) is 0 Å². The molecule has 0 aliphatic rings. The molecule has 0 fully saturated rings. The van der Waals surface area contributed by atoms with Crippen molar-refractivity contribution < 1.29 is 9.36 Å². The minimum absolute atomic E-state index is 0.391. The predicted octanol–water partition coefficient (Wildman–Crippen LogP) is 5.60. The zero-order chi connectivity index (χ0) is 20.7. The van der Waals surface area contributed by atoms with Crippen LogP contribution < -0.4 is 21.2 Å². The van der Waals surface area contributed by atoms with Gasteiger partial charge in [-0.3, -0.25) is 0 Å². The molecule has 3 aromatic carbocycles. The van der Waals surface area contributed by atoms with Gasteiger partial charge in [-0.2, -0.15) is 0 Å². The van der Waals surface area contributed by atoms with Gasteiger partial charge >= 0.3 is 6.03 Å². The Bertz CT molecular complexity index is 935. The topological polar surface area (TPSA) is 58.2 Å². The highest BCUT2D eigenvalue weighted by Gasteiger charge is 2.37. The van der Waals surface area contributed by atoms with Crippen molar-refractivity contribution in [2.75, 3.05) is 5.32 Å². The number of carbonyl (C=O) groups excluding carboxylic acids is 1. The molecular formula is C23H24ClN2O2P. The molecule has 2 amide bonds. The van der Waals surface area contributed by atoms with Gasteiger partial charge in [-0.25, -0.2) is 4.79 Å². The average molecular weight is 427 g/mol. The maximum Gasteiger partial charge on any atom is 0.319 e. The quantitative estimate of drug-likeness (QED) is 0.483. The summed E-state index contributed by atoms with van der Waals surface area (Å²) in [5.41, 5.74) is 0.622. The van der Waals surface area contributed by atoms with Crippen molar-refractivity contribution >= 4 is 41.1 Å². The van der Waals surface area contributed by atoms with Crippen molar-refractivity contribution in [2.45, 2.75) is 25.5 Å². The molecule has 3 rings (SSSR count). The number of rotatable bonds is 7. The van der Waals surface area contributed by atoms with Crippen LogP contribution in [0.2, 0.25) is 5.02 Å². The van der Waals surface area contributed by atoms with Gasteiger partial charge in [0.1, 0.15) is 0 Å². The maximum absolute atomic E-state index is 14.5. The molecule has 1 atom stereocenters. The van der Waals surface area contributed by atoms with E-state index in [2.05, 4.69) is 10.6 Å². The number of hydrogen-bond donors (Lipinski definition) is 2. The van der Waals surface area contributed by atoms with E-state index in [1.165, 1.54) is 0 Å². The molecule has 0 bridgehead atoms. The number of carbonyl (C=O) groups is 1. The third kappa shape index (κ3) is 5.09. The van der Waals surface area contributed by atoms with Gasteiger partial charge in [-0.1, -0.05) is 85.6 Å². The molecule has 0 spiro atoms. The van der Waals surface area contributed by atoms with Crippen LogP contribution in [0.3, 0.4) is 0 Å². The summed E-state index contributed by atoms with van der Waals surface area (Å²) in [5, 5.41) is 7.84. The van der Waals surface area contributed by atoms with Crippen LogP contribution in [0.25, 0.3) is 0 Å². The summed E-state index contributed by atoms with van der Waals surface area (Å²) < 4.78 is 14.5. The molecule has 0 radical (unpaired) electrons. The zero-order valence-electron chi connectivity index (χ0n) is 16.2. The van der Waals surface area contributed by atoms with Crippen LogP contribution in [0.15, 0.2) is 84.9 Å². The SMILES string of the molecule is CCCC(NC(=O)Nc1ccc(Cl)cc1)P(=O)(c1ccccc1)c1ccccc1. The molecular weight excluding hydrogens is 403 g/mol. The first-order valence-corrected chi connectivity index (χ1v) is 11.7. The molecule has 1 unspecified atom stereocenters. The van der Waals surface area contributed by atoms with Gasteiger partial charge in [0.15, 0.2) is 7.14 Å². The van der Waals surface area contributed by atoms with E-state index in [4.69, 9.17) is 11.6 Å². The first kappa shape index (κ1) is 21.2. The largest absolute Gasteiger partial charge is 0.328 e. The summed E-state index contributed by atoms with van der Waals surface area (Å²) in [4.78, 5) is 12.7. The van der Waals surface area contributed by atoms with E-state index >= 15 is 0 Å². The van der Waals surface area contributed by atoms with Gasteiger partial charge in [-0.15, -0.1) is 0 Å². The number of halogens is 1. The first-order chi connectivity index (χ1) is 14.0. The van der Waals surface area contributed by atoms with E-state index in [-0.39, 0.29) is 0 Å². The smallest absolute Gasteiger partial charge is 0.319 e. The zero-order valence-corrected chi connectivity index (χ0v) is 17.9. The molecule has 6 heteroatoms. The van der Waals surface area contributed by atoms with Crippen molar-refractivity contribution in [3.8, 4) is 0 Å². The third-order valence-electron chi connectivity index (χ3n) is 4.68. The van der Waals surface area contributed by atoms with Gasteiger partial charge in [0, 0.05) is 21.3 Å². The summed E-state index contributed by atoms with van der Waals surface area (Å²) >= 11 is 5.90. The molecule has 0 aromatic heterocycles. The van der Waals surface area contributed by atoms with E-state index in [1.807, 2.05) is 67.6 Å².